The van der Waals surface area contributed by atoms with Crippen molar-refractivity contribution in [2.75, 3.05) is 45.7 Å². The standard InChI is InChI=1S/C13H22N2O2/c1-3-15(7-9-16-2)8-10-17-13-6-4-5-12(14)11-13/h4-6,11H,3,7-10,14H2,1-2H3. The first-order chi connectivity index (χ1) is 8.26. The van der Waals surface area contributed by atoms with E-state index in [1.807, 2.05) is 24.3 Å². The molecular formula is C13H22N2O2. The molecule has 0 atom stereocenters. The summed E-state index contributed by atoms with van der Waals surface area (Å²) in [5.74, 6) is 0.827. The summed E-state index contributed by atoms with van der Waals surface area (Å²) in [5.41, 5.74) is 6.41. The van der Waals surface area contributed by atoms with Gasteiger partial charge in [-0.15, -0.1) is 0 Å². The Kier molecular flexibility index (Phi) is 6.43. The van der Waals surface area contributed by atoms with Gasteiger partial charge in [0.05, 0.1) is 6.61 Å². The third kappa shape index (κ3) is 5.56. The lowest BCUT2D eigenvalue weighted by molar-refractivity contribution is 0.138. The lowest BCUT2D eigenvalue weighted by atomic mass is 10.3. The second-order valence-electron chi connectivity index (χ2n) is 3.85. The first-order valence-corrected chi connectivity index (χ1v) is 5.96. The maximum absolute atomic E-state index is 5.68. The number of likely N-dealkylation sites (N-methyl/N-ethyl adjacent to an activating group) is 1. The Morgan fingerprint density at radius 2 is 2.00 bits per heavy atom. The summed E-state index contributed by atoms with van der Waals surface area (Å²) in [6.45, 7) is 6.40. The van der Waals surface area contributed by atoms with Crippen molar-refractivity contribution in [1.82, 2.24) is 4.90 Å². The van der Waals surface area contributed by atoms with Gasteiger partial charge in [-0.1, -0.05) is 13.0 Å². The molecule has 0 unspecified atom stereocenters. The second kappa shape index (κ2) is 7.92. The fourth-order valence-corrected chi connectivity index (χ4v) is 1.55. The molecule has 0 aliphatic carbocycles. The van der Waals surface area contributed by atoms with Crippen LogP contribution in [0.15, 0.2) is 24.3 Å². The Morgan fingerprint density at radius 1 is 1.24 bits per heavy atom. The summed E-state index contributed by atoms with van der Waals surface area (Å²) >= 11 is 0. The van der Waals surface area contributed by atoms with Crippen LogP contribution in [0.3, 0.4) is 0 Å². The highest BCUT2D eigenvalue weighted by Gasteiger charge is 2.02. The minimum absolute atomic E-state index is 0.668. The highest BCUT2D eigenvalue weighted by Crippen LogP contribution is 2.14. The average molecular weight is 238 g/mol. The topological polar surface area (TPSA) is 47.7 Å². The lowest BCUT2D eigenvalue weighted by Crippen LogP contribution is -2.31. The monoisotopic (exact) mass is 238 g/mol. The van der Waals surface area contributed by atoms with Crippen molar-refractivity contribution in [2.24, 2.45) is 0 Å². The van der Waals surface area contributed by atoms with Gasteiger partial charge < -0.3 is 15.2 Å². The number of hydrogen-bond acceptors (Lipinski definition) is 4. The zero-order chi connectivity index (χ0) is 12.5. The van der Waals surface area contributed by atoms with Crippen molar-refractivity contribution in [1.29, 1.82) is 0 Å². The van der Waals surface area contributed by atoms with Crippen LogP contribution in [0, 0.1) is 0 Å². The molecule has 0 amide bonds. The first-order valence-electron chi connectivity index (χ1n) is 5.96. The summed E-state index contributed by atoms with van der Waals surface area (Å²) in [6.07, 6.45) is 0. The summed E-state index contributed by atoms with van der Waals surface area (Å²) in [5, 5.41) is 0. The molecule has 0 bridgehead atoms. The Balaban J connectivity index is 2.26. The van der Waals surface area contributed by atoms with Gasteiger partial charge >= 0.3 is 0 Å². The van der Waals surface area contributed by atoms with E-state index in [9.17, 15) is 0 Å². The van der Waals surface area contributed by atoms with E-state index in [4.69, 9.17) is 15.2 Å². The zero-order valence-corrected chi connectivity index (χ0v) is 10.7. The summed E-state index contributed by atoms with van der Waals surface area (Å²) in [4.78, 5) is 2.29. The molecule has 0 spiro atoms. The number of nitrogens with zero attached hydrogens (tertiary/aromatic N) is 1. The normalized spacial score (nSPS) is 10.8. The number of rotatable bonds is 8. The SMILES string of the molecule is CCN(CCOC)CCOc1cccc(N)c1. The molecule has 2 N–H and O–H groups in total. The molecule has 0 saturated heterocycles. The molecule has 0 fully saturated rings. The molecule has 0 aliphatic heterocycles. The molecule has 4 nitrogen and oxygen atoms in total. The van der Waals surface area contributed by atoms with Crippen molar-refractivity contribution in [3.63, 3.8) is 0 Å². The fourth-order valence-electron chi connectivity index (χ4n) is 1.55. The van der Waals surface area contributed by atoms with Crippen LogP contribution in [-0.4, -0.2) is 44.9 Å². The largest absolute Gasteiger partial charge is 0.492 e. The van der Waals surface area contributed by atoms with Gasteiger partial charge in [0.15, 0.2) is 0 Å². The van der Waals surface area contributed by atoms with Crippen molar-refractivity contribution < 1.29 is 9.47 Å². The van der Waals surface area contributed by atoms with Gasteiger partial charge in [-0.3, -0.25) is 4.90 Å². The predicted molar refractivity (Wildman–Crippen MR) is 70.3 cm³/mol. The number of nitrogen functional groups attached to an aromatic ring is 1. The van der Waals surface area contributed by atoms with Gasteiger partial charge in [0.2, 0.25) is 0 Å². The molecule has 17 heavy (non-hydrogen) atoms. The van der Waals surface area contributed by atoms with Gasteiger partial charge in [0.1, 0.15) is 12.4 Å². The molecule has 0 aliphatic rings. The Bertz CT molecular complexity index is 318. The number of hydrogen-bond donors (Lipinski definition) is 1. The first kappa shape index (κ1) is 13.8. The van der Waals surface area contributed by atoms with Crippen molar-refractivity contribution in [2.45, 2.75) is 6.92 Å². The number of anilines is 1. The minimum Gasteiger partial charge on any atom is -0.492 e. The van der Waals surface area contributed by atoms with E-state index in [-0.39, 0.29) is 0 Å². The van der Waals surface area contributed by atoms with Crippen molar-refractivity contribution in [3.05, 3.63) is 24.3 Å². The van der Waals surface area contributed by atoms with Crippen LogP contribution in [0.25, 0.3) is 0 Å². The van der Waals surface area contributed by atoms with Crippen molar-refractivity contribution >= 4 is 5.69 Å². The highest BCUT2D eigenvalue weighted by molar-refractivity contribution is 5.43. The third-order valence-corrected chi connectivity index (χ3v) is 2.59. The van der Waals surface area contributed by atoms with Crippen LogP contribution in [-0.2, 0) is 4.74 Å². The van der Waals surface area contributed by atoms with Crippen molar-refractivity contribution in [3.8, 4) is 5.75 Å². The van der Waals surface area contributed by atoms with E-state index in [2.05, 4.69) is 11.8 Å². The molecule has 0 aromatic heterocycles. The molecular weight excluding hydrogens is 216 g/mol. The van der Waals surface area contributed by atoms with Gasteiger partial charge in [-0.2, -0.15) is 0 Å². The molecule has 0 heterocycles. The maximum atomic E-state index is 5.68. The van der Waals surface area contributed by atoms with Crippen LogP contribution < -0.4 is 10.5 Å². The number of nitrogens with two attached hydrogens (primary N) is 1. The maximum Gasteiger partial charge on any atom is 0.121 e. The summed E-state index contributed by atoms with van der Waals surface area (Å²) in [6, 6.07) is 7.50. The predicted octanol–water partition coefficient (Wildman–Crippen LogP) is 1.62. The van der Waals surface area contributed by atoms with E-state index in [0.29, 0.717) is 6.61 Å². The number of ether oxygens (including phenoxy) is 2. The quantitative estimate of drug-likeness (QED) is 0.699. The van der Waals surface area contributed by atoms with Crippen LogP contribution in [0.1, 0.15) is 6.92 Å². The van der Waals surface area contributed by atoms with Crippen LogP contribution in [0.2, 0.25) is 0 Å². The van der Waals surface area contributed by atoms with Crippen LogP contribution in [0.5, 0.6) is 5.75 Å². The number of methoxy groups -OCH3 is 1. The molecule has 1 rings (SSSR count). The van der Waals surface area contributed by atoms with E-state index in [0.717, 1.165) is 37.7 Å². The Labute approximate surface area is 103 Å². The molecule has 0 radical (unpaired) electrons. The minimum atomic E-state index is 0.668. The number of benzene rings is 1. The second-order valence-corrected chi connectivity index (χ2v) is 3.85. The third-order valence-electron chi connectivity index (χ3n) is 2.59. The zero-order valence-electron chi connectivity index (χ0n) is 10.7. The van der Waals surface area contributed by atoms with Gasteiger partial charge in [0.25, 0.3) is 0 Å². The van der Waals surface area contributed by atoms with E-state index < -0.39 is 0 Å². The van der Waals surface area contributed by atoms with Crippen LogP contribution >= 0.6 is 0 Å². The molecule has 1 aromatic carbocycles. The van der Waals surface area contributed by atoms with Gasteiger partial charge in [0, 0.05) is 32.0 Å². The Hall–Kier alpha value is -1.26. The fraction of sp³-hybridized carbons (Fsp3) is 0.538. The van der Waals surface area contributed by atoms with E-state index in [1.54, 1.807) is 7.11 Å². The van der Waals surface area contributed by atoms with Gasteiger partial charge in [-0.25, -0.2) is 0 Å². The Morgan fingerprint density at radius 3 is 2.65 bits per heavy atom. The van der Waals surface area contributed by atoms with E-state index >= 15 is 0 Å². The highest BCUT2D eigenvalue weighted by atomic mass is 16.5. The molecule has 1 aromatic rings. The summed E-state index contributed by atoms with van der Waals surface area (Å²) < 4.78 is 10.7. The lowest BCUT2D eigenvalue weighted by Gasteiger charge is -2.19. The van der Waals surface area contributed by atoms with Gasteiger partial charge in [-0.05, 0) is 18.7 Å². The average Bonchev–Trinajstić information content (AvgIpc) is 2.33. The van der Waals surface area contributed by atoms with E-state index in [1.165, 1.54) is 0 Å². The molecule has 96 valence electrons. The molecule has 4 heteroatoms. The summed E-state index contributed by atoms with van der Waals surface area (Å²) in [7, 11) is 1.72. The molecule has 0 saturated carbocycles. The van der Waals surface area contributed by atoms with Crippen LogP contribution in [0.4, 0.5) is 5.69 Å². The smallest absolute Gasteiger partial charge is 0.121 e.